The van der Waals surface area contributed by atoms with Crippen LogP contribution in [-0.2, 0) is 4.79 Å². The zero-order valence-electron chi connectivity index (χ0n) is 57.6. The molecule has 11 heterocycles. The van der Waals surface area contributed by atoms with E-state index >= 15 is 0 Å². The number of nitrogens with one attached hydrogen (secondary N) is 4. The minimum absolute atomic E-state index is 0.0584. The highest BCUT2D eigenvalue weighted by molar-refractivity contribution is 6.00. The molecule has 2 amide bonds. The fraction of sp³-hybridized carbons (Fsp3) is 0.455. The maximum Gasteiger partial charge on any atom is 0.279 e. The molecule has 0 fully saturated rings. The van der Waals surface area contributed by atoms with Crippen molar-refractivity contribution in [2.75, 3.05) is 5.32 Å². The van der Waals surface area contributed by atoms with Crippen LogP contribution in [0.5, 0.6) is 0 Å². The molecule has 11 rings (SSSR count). The summed E-state index contributed by atoms with van der Waals surface area (Å²) >= 11 is 0. The Kier molecular flexibility index (Phi) is 24.7. The number of aryl methyl sites for hydroxylation is 5. The van der Waals surface area contributed by atoms with E-state index in [1.54, 1.807) is 37.5 Å². The third-order valence-electron chi connectivity index (χ3n) is 14.3. The van der Waals surface area contributed by atoms with Gasteiger partial charge in [0, 0.05) is 84.5 Å². The van der Waals surface area contributed by atoms with Gasteiger partial charge in [-0.3, -0.25) is 19.2 Å². The van der Waals surface area contributed by atoms with Crippen LogP contribution >= 0.6 is 0 Å². The first-order valence-electron chi connectivity index (χ1n) is 30.5. The second-order valence-electron chi connectivity index (χ2n) is 24.3. The molecule has 4 N–H and O–H groups in total. The lowest BCUT2D eigenvalue weighted by atomic mass is 10.1. The molecular formula is C66H95N21O4. The van der Waals surface area contributed by atoms with Crippen molar-refractivity contribution < 1.29 is 14.4 Å². The minimum atomic E-state index is -0.205. The summed E-state index contributed by atoms with van der Waals surface area (Å²) in [5.41, 5.74) is 10.7. The Morgan fingerprint density at radius 1 is 0.505 bits per heavy atom. The first kappa shape index (κ1) is 72.1. The van der Waals surface area contributed by atoms with Crippen LogP contribution < -0.4 is 21.5 Å². The molecule has 25 heteroatoms. The molecule has 0 aliphatic carbocycles. The molecule has 8 aromatic rings. The number of ketones is 1. The molecule has 25 nitrogen and oxygen atoms in total. The summed E-state index contributed by atoms with van der Waals surface area (Å²) in [5.74, 6) is 4.06. The van der Waals surface area contributed by atoms with Gasteiger partial charge < -0.3 is 49.0 Å². The number of fused-ring (bicyclic) bond motifs is 4. The van der Waals surface area contributed by atoms with Crippen LogP contribution in [0.3, 0.4) is 0 Å². The molecule has 3 aliphatic heterocycles. The van der Waals surface area contributed by atoms with Crippen LogP contribution in [0.4, 0.5) is 5.82 Å². The maximum atomic E-state index is 11.5. The summed E-state index contributed by atoms with van der Waals surface area (Å²) in [5, 5.41) is 13.4. The minimum Gasteiger partial charge on any atom is -0.346 e. The lowest BCUT2D eigenvalue weighted by Crippen LogP contribution is -2.40. The number of aromatic amines is 1. The van der Waals surface area contributed by atoms with Gasteiger partial charge in [-0.15, -0.1) is 5.10 Å². The number of carbonyl (C=O) groups excluding carboxylic acids is 3. The van der Waals surface area contributed by atoms with E-state index < -0.39 is 0 Å². The smallest absolute Gasteiger partial charge is 0.279 e. The van der Waals surface area contributed by atoms with E-state index in [2.05, 4.69) is 185 Å². The molecule has 8 aromatic heterocycles. The summed E-state index contributed by atoms with van der Waals surface area (Å²) in [6.45, 7) is 57.6. The molecule has 488 valence electrons. The molecule has 0 saturated heterocycles. The molecular weight excluding hydrogens is 1150 g/mol. The molecule has 0 bridgehead atoms. The Morgan fingerprint density at radius 3 is 1.56 bits per heavy atom. The van der Waals surface area contributed by atoms with Crippen LogP contribution in [0.1, 0.15) is 205 Å². The SMILES string of the molecule is C=C1C=C(C)C(C)=CN1C(C)C.C=C1NC(=O)C(C)=CN1C(C)C.C=C1NC(=O)c2ncn(C(C)C)c2N1.CC(=O)c1ncn(C(C)C)n1.Cc1nc(C)c2ccn(C(C)C)c2n1.Cc1nc(C)c2ncn(C(C)C)c2n1.Cc1nc2c(ncn2C(C)C)c(=O)[nH]1. The standard InChI is InChI=1S/C11H15N3.C11H17N.C10H14N4.2C9H12N4O.C9H14N2O.C7H11N3O/c1-7(2)14-6-5-10-8(3)12-9(4)13-11(10)14;1-8(2)12-7-10(4)9(3)6-11(12)5;1-6(2)14-5-11-9-7(3)12-8(4)13-10(9)14;2*1-5(2)13-4-10-7-8(13)11-6(3)12-9(7)14;1-6(2)11-5-7(3)9(12)10-8(11)4;1-5(2)10-4-8-7(9-10)6(3)11/h5-7H,1-4H3;6-8H,5H2,1-4H3;5-6H,1-4H3;4-5H,1-3H3,(H,11,12,14);4-5,11H,3H2,1-2H3,(H,12,14);5-6H,4H2,1-3H3,(H,10,12);4-5H,1-3H3. The normalized spacial score (nSPS) is 13.6. The molecule has 3 aliphatic rings. The van der Waals surface area contributed by atoms with Crippen molar-refractivity contribution in [2.24, 2.45) is 0 Å². The quantitative estimate of drug-likeness (QED) is 0.103. The van der Waals surface area contributed by atoms with Crippen molar-refractivity contribution in [3.63, 3.8) is 0 Å². The van der Waals surface area contributed by atoms with Gasteiger partial charge in [0.15, 0.2) is 28.3 Å². The fourth-order valence-corrected chi connectivity index (χ4v) is 9.23. The number of H-pyrrole nitrogens is 1. The largest absolute Gasteiger partial charge is 0.346 e. The summed E-state index contributed by atoms with van der Waals surface area (Å²) in [4.78, 5) is 89.5. The monoisotopic (exact) mass is 1250 g/mol. The number of anilines is 1. The van der Waals surface area contributed by atoms with Gasteiger partial charge in [0.05, 0.1) is 30.4 Å². The van der Waals surface area contributed by atoms with Gasteiger partial charge in [-0.05, 0) is 176 Å². The van der Waals surface area contributed by atoms with E-state index in [4.69, 9.17) is 0 Å². The first-order valence-corrected chi connectivity index (χ1v) is 30.5. The highest BCUT2D eigenvalue weighted by Gasteiger charge is 2.25. The zero-order chi connectivity index (χ0) is 68.2. The summed E-state index contributed by atoms with van der Waals surface area (Å²) < 4.78 is 9.70. The van der Waals surface area contributed by atoms with Crippen molar-refractivity contribution in [3.05, 3.63) is 161 Å². The molecule has 91 heavy (non-hydrogen) atoms. The van der Waals surface area contributed by atoms with E-state index in [9.17, 15) is 19.2 Å². The van der Waals surface area contributed by atoms with Crippen molar-refractivity contribution in [3.8, 4) is 0 Å². The van der Waals surface area contributed by atoms with Gasteiger partial charge in [-0.25, -0.2) is 49.5 Å². The third kappa shape index (κ3) is 18.5. The molecule has 0 aromatic carbocycles. The Morgan fingerprint density at radius 2 is 1.03 bits per heavy atom. The Hall–Kier alpha value is -9.68. The van der Waals surface area contributed by atoms with E-state index in [0.717, 1.165) is 56.5 Å². The lowest BCUT2D eigenvalue weighted by molar-refractivity contribution is -0.117. The third-order valence-corrected chi connectivity index (χ3v) is 14.3. The number of nitrogens with zero attached hydrogens (tertiary/aromatic N) is 17. The van der Waals surface area contributed by atoms with Gasteiger partial charge in [0.25, 0.3) is 17.4 Å². The second-order valence-corrected chi connectivity index (χ2v) is 24.3. The number of hydrogen-bond donors (Lipinski definition) is 4. The van der Waals surface area contributed by atoms with Gasteiger partial charge in [0.1, 0.15) is 52.4 Å². The van der Waals surface area contributed by atoms with E-state index in [-0.39, 0.29) is 41.3 Å². The van der Waals surface area contributed by atoms with Crippen molar-refractivity contribution >= 4 is 56.8 Å². The highest BCUT2D eigenvalue weighted by atomic mass is 16.2. The average Bonchev–Trinajstić information content (AvgIpc) is 1.72. The lowest BCUT2D eigenvalue weighted by Gasteiger charge is -2.31. The van der Waals surface area contributed by atoms with Gasteiger partial charge in [-0.2, -0.15) is 0 Å². The number of rotatable bonds is 8. The highest BCUT2D eigenvalue weighted by Crippen LogP contribution is 2.26. The van der Waals surface area contributed by atoms with Gasteiger partial charge in [-0.1, -0.05) is 19.7 Å². The zero-order valence-corrected chi connectivity index (χ0v) is 57.6. The Balaban J connectivity index is 0.000000193. The predicted molar refractivity (Wildman–Crippen MR) is 361 cm³/mol. The number of aromatic nitrogens is 16. The average molecular weight is 1250 g/mol. The van der Waals surface area contributed by atoms with Crippen molar-refractivity contribution in [1.82, 2.24) is 98.3 Å². The van der Waals surface area contributed by atoms with Gasteiger partial charge in [0.2, 0.25) is 5.82 Å². The number of hydrogen-bond acceptors (Lipinski definition) is 17. The number of amides is 2. The molecule has 0 saturated carbocycles. The first-order chi connectivity index (χ1) is 42.5. The summed E-state index contributed by atoms with van der Waals surface area (Å²) in [7, 11) is 0. The molecule has 0 spiro atoms. The van der Waals surface area contributed by atoms with Crippen molar-refractivity contribution in [1.29, 1.82) is 0 Å². The van der Waals surface area contributed by atoms with Crippen LogP contribution in [0, 0.1) is 34.6 Å². The molecule has 0 atom stereocenters. The summed E-state index contributed by atoms with van der Waals surface area (Å²) in [6.07, 6.45) is 14.9. The van der Waals surface area contributed by atoms with Crippen LogP contribution in [0.15, 0.2) is 115 Å². The van der Waals surface area contributed by atoms with Gasteiger partial charge >= 0.3 is 0 Å². The van der Waals surface area contributed by atoms with Crippen LogP contribution in [0.25, 0.3) is 33.4 Å². The number of Topliss-reactive ketones (excluding diaryl/α,β-unsaturated/α-hetero) is 1. The Bertz CT molecular complexity index is 4000. The summed E-state index contributed by atoms with van der Waals surface area (Å²) in [6, 6.07) is 4.52. The van der Waals surface area contributed by atoms with E-state index in [0.29, 0.717) is 70.1 Å². The van der Waals surface area contributed by atoms with Crippen LogP contribution in [-0.4, -0.2) is 117 Å². The molecule has 0 radical (unpaired) electrons. The van der Waals surface area contributed by atoms with E-state index in [1.165, 1.54) is 18.1 Å². The van der Waals surface area contributed by atoms with Crippen LogP contribution in [0.2, 0.25) is 0 Å². The molecule has 0 unspecified atom stereocenters. The number of imidazole rings is 3. The second kappa shape index (κ2) is 31.2. The Labute approximate surface area is 534 Å². The topological polar surface area (TPSA) is 280 Å². The van der Waals surface area contributed by atoms with Crippen molar-refractivity contribution in [2.45, 2.75) is 202 Å². The predicted octanol–water partition coefficient (Wildman–Crippen LogP) is 12.1. The van der Waals surface area contributed by atoms with E-state index in [1.807, 2.05) is 110 Å². The number of allylic oxidation sites excluding steroid dienone is 3. The maximum absolute atomic E-state index is 11.5. The fourth-order valence-electron chi connectivity index (χ4n) is 9.23. The number of carbonyl (C=O) groups is 3.